The standard InChI is InChI=1S/C21H24N6O2/c1-15-6-3-4-9-27(15)20-11-19(22-13-23-20)26-12-18(24-14-26)21(28)25-16-7-5-8-17(10-16)29-2/h5,7-8,10-15H,3-4,6,9H2,1-2H3,(H,25,28)/t15-/m0/s1. The van der Waals surface area contributed by atoms with Crippen LogP contribution in [0.25, 0.3) is 5.82 Å². The molecule has 3 heterocycles. The van der Waals surface area contributed by atoms with Crippen molar-refractivity contribution in [2.45, 2.75) is 32.2 Å². The first kappa shape index (κ1) is 18.9. The first-order valence-electron chi connectivity index (χ1n) is 9.72. The SMILES string of the molecule is COc1cccc(NC(=O)c2cn(-c3cc(N4CCCC[C@@H]4C)ncn3)cn2)c1. The highest BCUT2D eigenvalue weighted by Crippen LogP contribution is 2.24. The van der Waals surface area contributed by atoms with Gasteiger partial charge in [0.2, 0.25) is 0 Å². The third kappa shape index (κ3) is 4.21. The summed E-state index contributed by atoms with van der Waals surface area (Å²) >= 11 is 0. The Morgan fingerprint density at radius 1 is 1.17 bits per heavy atom. The predicted molar refractivity (Wildman–Crippen MR) is 111 cm³/mol. The van der Waals surface area contributed by atoms with E-state index in [1.54, 1.807) is 42.7 Å². The van der Waals surface area contributed by atoms with Gasteiger partial charge in [-0.15, -0.1) is 0 Å². The van der Waals surface area contributed by atoms with E-state index in [0.717, 1.165) is 12.4 Å². The topological polar surface area (TPSA) is 85.2 Å². The zero-order chi connectivity index (χ0) is 20.2. The summed E-state index contributed by atoms with van der Waals surface area (Å²) in [6.45, 7) is 3.22. The molecule has 8 heteroatoms. The molecule has 1 aromatic carbocycles. The summed E-state index contributed by atoms with van der Waals surface area (Å²) < 4.78 is 6.92. The average Bonchev–Trinajstić information content (AvgIpc) is 3.25. The molecule has 3 aromatic rings. The van der Waals surface area contributed by atoms with Gasteiger partial charge < -0.3 is 15.0 Å². The molecule has 1 aliphatic rings. The molecule has 8 nitrogen and oxygen atoms in total. The fraction of sp³-hybridized carbons (Fsp3) is 0.333. The fourth-order valence-corrected chi connectivity index (χ4v) is 3.54. The van der Waals surface area contributed by atoms with Crippen molar-refractivity contribution in [3.8, 4) is 11.6 Å². The number of nitrogens with zero attached hydrogens (tertiary/aromatic N) is 5. The van der Waals surface area contributed by atoms with Crippen LogP contribution >= 0.6 is 0 Å². The van der Waals surface area contributed by atoms with E-state index in [2.05, 4.69) is 32.1 Å². The molecule has 1 atom stereocenters. The lowest BCUT2D eigenvalue weighted by molar-refractivity contribution is 0.102. The van der Waals surface area contributed by atoms with Gasteiger partial charge >= 0.3 is 0 Å². The largest absolute Gasteiger partial charge is 0.497 e. The minimum Gasteiger partial charge on any atom is -0.497 e. The molecule has 0 bridgehead atoms. The Balaban J connectivity index is 1.51. The van der Waals surface area contributed by atoms with E-state index in [4.69, 9.17) is 4.74 Å². The van der Waals surface area contributed by atoms with Crippen LogP contribution in [0.3, 0.4) is 0 Å². The normalized spacial score (nSPS) is 16.5. The van der Waals surface area contributed by atoms with E-state index in [-0.39, 0.29) is 5.91 Å². The van der Waals surface area contributed by atoms with Gasteiger partial charge in [-0.3, -0.25) is 9.36 Å². The van der Waals surface area contributed by atoms with Crippen molar-refractivity contribution in [2.75, 3.05) is 23.9 Å². The maximum absolute atomic E-state index is 12.5. The fourth-order valence-electron chi connectivity index (χ4n) is 3.54. The second-order valence-electron chi connectivity index (χ2n) is 7.12. The Morgan fingerprint density at radius 3 is 2.86 bits per heavy atom. The van der Waals surface area contributed by atoms with Gasteiger partial charge in [-0.1, -0.05) is 6.07 Å². The minimum absolute atomic E-state index is 0.295. The number of ether oxygens (including phenoxy) is 1. The summed E-state index contributed by atoms with van der Waals surface area (Å²) in [5, 5.41) is 2.83. The number of carbonyl (C=O) groups excluding carboxylic acids is 1. The molecule has 29 heavy (non-hydrogen) atoms. The average molecular weight is 392 g/mol. The number of benzene rings is 1. The molecule has 150 valence electrons. The highest BCUT2D eigenvalue weighted by molar-refractivity contribution is 6.02. The molecule has 0 unspecified atom stereocenters. The zero-order valence-electron chi connectivity index (χ0n) is 16.6. The van der Waals surface area contributed by atoms with Crippen LogP contribution in [0.2, 0.25) is 0 Å². The summed E-state index contributed by atoms with van der Waals surface area (Å²) in [6, 6.07) is 9.59. The molecule has 0 radical (unpaired) electrons. The van der Waals surface area contributed by atoms with E-state index >= 15 is 0 Å². The Kier molecular flexibility index (Phi) is 5.41. The van der Waals surface area contributed by atoms with E-state index in [9.17, 15) is 4.79 Å². The minimum atomic E-state index is -0.295. The summed E-state index contributed by atoms with van der Waals surface area (Å²) in [5.41, 5.74) is 0.951. The van der Waals surface area contributed by atoms with Crippen molar-refractivity contribution in [1.82, 2.24) is 19.5 Å². The Bertz CT molecular complexity index is 1000. The molecular formula is C21H24N6O2. The van der Waals surface area contributed by atoms with Crippen LogP contribution in [0.4, 0.5) is 11.5 Å². The van der Waals surface area contributed by atoms with Crippen LogP contribution in [-0.2, 0) is 0 Å². The highest BCUT2D eigenvalue weighted by Gasteiger charge is 2.20. The Hall–Kier alpha value is -3.42. The zero-order valence-corrected chi connectivity index (χ0v) is 16.6. The molecule has 1 aliphatic heterocycles. The molecule has 0 spiro atoms. The number of nitrogens with one attached hydrogen (secondary N) is 1. The van der Waals surface area contributed by atoms with Crippen molar-refractivity contribution in [1.29, 1.82) is 0 Å². The van der Waals surface area contributed by atoms with Gasteiger partial charge in [-0.2, -0.15) is 0 Å². The van der Waals surface area contributed by atoms with Gasteiger partial charge in [0.25, 0.3) is 5.91 Å². The van der Waals surface area contributed by atoms with Crippen LogP contribution in [0.15, 0.2) is 49.2 Å². The smallest absolute Gasteiger partial charge is 0.275 e. The molecule has 1 saturated heterocycles. The number of imidazole rings is 1. The quantitative estimate of drug-likeness (QED) is 0.717. The molecule has 1 N–H and O–H groups in total. The lowest BCUT2D eigenvalue weighted by Gasteiger charge is -2.34. The molecule has 0 aliphatic carbocycles. The van der Waals surface area contributed by atoms with E-state index in [1.165, 1.54) is 19.3 Å². The van der Waals surface area contributed by atoms with Crippen molar-refractivity contribution in [2.24, 2.45) is 0 Å². The van der Waals surface area contributed by atoms with Gasteiger partial charge in [0.05, 0.1) is 7.11 Å². The summed E-state index contributed by atoms with van der Waals surface area (Å²) in [4.78, 5) is 27.9. The van der Waals surface area contributed by atoms with Crippen molar-refractivity contribution in [3.05, 3.63) is 54.9 Å². The third-order valence-electron chi connectivity index (χ3n) is 5.14. The van der Waals surface area contributed by atoms with Crippen LogP contribution < -0.4 is 15.0 Å². The van der Waals surface area contributed by atoms with Gasteiger partial charge in [0.15, 0.2) is 0 Å². The lowest BCUT2D eigenvalue weighted by Crippen LogP contribution is -2.38. The molecular weight excluding hydrogens is 368 g/mol. The third-order valence-corrected chi connectivity index (χ3v) is 5.14. The number of anilines is 2. The second-order valence-corrected chi connectivity index (χ2v) is 7.12. The number of methoxy groups -OCH3 is 1. The number of piperidine rings is 1. The summed E-state index contributed by atoms with van der Waals surface area (Å²) in [5.74, 6) is 1.96. The molecule has 2 aromatic heterocycles. The van der Waals surface area contributed by atoms with E-state index in [1.807, 2.05) is 18.2 Å². The first-order chi connectivity index (χ1) is 14.1. The monoisotopic (exact) mass is 392 g/mol. The molecule has 1 amide bonds. The number of aromatic nitrogens is 4. The molecule has 1 fully saturated rings. The number of carbonyl (C=O) groups is 1. The predicted octanol–water partition coefficient (Wildman–Crippen LogP) is 3.30. The Labute approximate surface area is 169 Å². The second kappa shape index (κ2) is 8.30. The van der Waals surface area contributed by atoms with E-state index < -0.39 is 0 Å². The van der Waals surface area contributed by atoms with Crippen LogP contribution in [0, 0.1) is 0 Å². The van der Waals surface area contributed by atoms with Crippen LogP contribution in [0.5, 0.6) is 5.75 Å². The van der Waals surface area contributed by atoms with Crippen LogP contribution in [-0.4, -0.2) is 45.1 Å². The Morgan fingerprint density at radius 2 is 2.03 bits per heavy atom. The molecule has 0 saturated carbocycles. The van der Waals surface area contributed by atoms with Crippen LogP contribution in [0.1, 0.15) is 36.7 Å². The maximum atomic E-state index is 12.5. The maximum Gasteiger partial charge on any atom is 0.275 e. The van der Waals surface area contributed by atoms with Crippen molar-refractivity contribution < 1.29 is 9.53 Å². The van der Waals surface area contributed by atoms with Gasteiger partial charge in [0.1, 0.15) is 35.7 Å². The highest BCUT2D eigenvalue weighted by atomic mass is 16.5. The number of amides is 1. The van der Waals surface area contributed by atoms with Gasteiger partial charge in [-0.05, 0) is 38.3 Å². The summed E-state index contributed by atoms with van der Waals surface area (Å²) in [7, 11) is 1.59. The van der Waals surface area contributed by atoms with Gasteiger partial charge in [0, 0.05) is 36.6 Å². The van der Waals surface area contributed by atoms with E-state index in [0.29, 0.717) is 29.0 Å². The number of rotatable bonds is 5. The van der Waals surface area contributed by atoms with Crippen molar-refractivity contribution in [3.63, 3.8) is 0 Å². The number of hydrogen-bond donors (Lipinski definition) is 1. The summed E-state index contributed by atoms with van der Waals surface area (Å²) in [6.07, 6.45) is 8.40. The first-order valence-corrected chi connectivity index (χ1v) is 9.72. The lowest BCUT2D eigenvalue weighted by atomic mass is 10.0. The number of hydrogen-bond acceptors (Lipinski definition) is 6. The molecule has 4 rings (SSSR count). The van der Waals surface area contributed by atoms with Gasteiger partial charge in [-0.25, -0.2) is 15.0 Å². The van der Waals surface area contributed by atoms with Crippen molar-refractivity contribution >= 4 is 17.4 Å².